The van der Waals surface area contributed by atoms with Crippen LogP contribution >= 0.6 is 22.7 Å². The monoisotopic (exact) mass is 1900 g/mol. The fourth-order valence-corrected chi connectivity index (χ4v) is 21.0. The number of aldehydes is 1. The minimum absolute atomic E-state index is 0.00779. The lowest BCUT2D eigenvalue weighted by molar-refractivity contribution is -0.144. The summed E-state index contributed by atoms with van der Waals surface area (Å²) in [6.45, 7) is 26.4. The van der Waals surface area contributed by atoms with Gasteiger partial charge in [-0.05, 0) is 177 Å². The maximum Gasteiger partial charge on any atom is 0.246 e. The van der Waals surface area contributed by atoms with E-state index in [9.17, 15) is 54.0 Å². The summed E-state index contributed by atoms with van der Waals surface area (Å²) in [4.78, 5) is 112. The highest BCUT2D eigenvalue weighted by molar-refractivity contribution is 7.13. The number of nitrogens with one attached hydrogen (secondary N) is 5. The molecule has 8 aromatic carbocycles. The highest BCUT2D eigenvalue weighted by atomic mass is 32.1. The number of piperazine rings is 2. The van der Waals surface area contributed by atoms with E-state index in [1.54, 1.807) is 34.8 Å². The molecule has 6 aliphatic rings. The summed E-state index contributed by atoms with van der Waals surface area (Å²) in [5, 5.41) is 56.0. The summed E-state index contributed by atoms with van der Waals surface area (Å²) < 4.78 is 23.0. The smallest absolute Gasteiger partial charge is 0.246 e. The Morgan fingerprint density at radius 2 is 0.883 bits per heavy atom. The maximum absolute atomic E-state index is 14.1. The van der Waals surface area contributed by atoms with Crippen LogP contribution in [0.5, 0.6) is 23.0 Å². The molecule has 0 spiro atoms. The third kappa shape index (κ3) is 27.5. The zero-order valence-corrected chi connectivity index (χ0v) is 81.4. The van der Waals surface area contributed by atoms with E-state index < -0.39 is 64.9 Å². The lowest BCUT2D eigenvalue weighted by atomic mass is 9.69. The molecule has 6 heterocycles. The Morgan fingerprint density at radius 1 is 0.489 bits per heavy atom. The summed E-state index contributed by atoms with van der Waals surface area (Å²) >= 11 is 3.17. The zero-order valence-electron chi connectivity index (χ0n) is 79.8. The largest absolute Gasteiger partial charge is 0.508 e. The van der Waals surface area contributed by atoms with Crippen LogP contribution in [0.4, 0.5) is 0 Å². The van der Waals surface area contributed by atoms with Gasteiger partial charge >= 0.3 is 0 Å². The van der Waals surface area contributed by atoms with Crippen LogP contribution in [-0.2, 0) is 69.0 Å². The number of aromatic hydroxyl groups is 2. The number of hydrogen-bond acceptors (Lipinski definition) is 23. The molecule has 0 bridgehead atoms. The van der Waals surface area contributed by atoms with Gasteiger partial charge in [-0.15, -0.1) is 22.7 Å². The Balaban J connectivity index is 0.000000183. The zero-order chi connectivity index (χ0) is 96.7. The van der Waals surface area contributed by atoms with Gasteiger partial charge in [-0.1, -0.05) is 187 Å². The van der Waals surface area contributed by atoms with Crippen molar-refractivity contribution >= 4 is 64.4 Å². The summed E-state index contributed by atoms with van der Waals surface area (Å²) in [7, 11) is 0. The number of aliphatic hydroxyl groups excluding tert-OH is 2. The first kappa shape index (κ1) is 101. The predicted molar refractivity (Wildman–Crippen MR) is 532 cm³/mol. The van der Waals surface area contributed by atoms with Crippen LogP contribution in [0.1, 0.15) is 158 Å². The van der Waals surface area contributed by atoms with E-state index in [-0.39, 0.29) is 81.9 Å². The van der Waals surface area contributed by atoms with Gasteiger partial charge in [-0.25, -0.2) is 9.97 Å². The molecule has 4 aliphatic heterocycles. The number of hydrogen-bond donors (Lipinski definition) is 9. The molecule has 16 rings (SSSR count). The molecule has 6 amide bonds. The average Bonchev–Trinajstić information content (AvgIpc) is 1.67. The van der Waals surface area contributed by atoms with Crippen LogP contribution < -0.4 is 36.1 Å². The van der Waals surface area contributed by atoms with E-state index in [2.05, 4.69) is 154 Å². The van der Waals surface area contributed by atoms with Crippen LogP contribution in [0, 0.1) is 24.7 Å². The highest BCUT2D eigenvalue weighted by Gasteiger charge is 2.47. The third-order valence-corrected chi connectivity index (χ3v) is 28.7. The molecule has 0 radical (unpaired) electrons. The van der Waals surface area contributed by atoms with Crippen LogP contribution in [0.2, 0.25) is 0 Å². The van der Waals surface area contributed by atoms with Gasteiger partial charge in [0.15, 0.2) is 6.29 Å². The van der Waals surface area contributed by atoms with E-state index >= 15 is 0 Å². The molecule has 137 heavy (non-hydrogen) atoms. The van der Waals surface area contributed by atoms with E-state index in [1.165, 1.54) is 54.3 Å². The Kier molecular flexibility index (Phi) is 35.6. The highest BCUT2D eigenvalue weighted by Crippen LogP contribution is 2.49. The number of nitrogens with zero attached hydrogens (tertiary/aromatic N) is 7. The normalized spacial score (nSPS) is 20.0. The number of fused-ring (bicyclic) bond motifs is 2. The number of aliphatic hydroxyl groups is 2. The first-order valence-corrected chi connectivity index (χ1v) is 49.6. The molecule has 4 saturated heterocycles. The fourth-order valence-electron chi connectivity index (χ4n) is 19.4. The van der Waals surface area contributed by atoms with Gasteiger partial charge in [0, 0.05) is 123 Å². The van der Waals surface area contributed by atoms with Crippen molar-refractivity contribution in [3.63, 3.8) is 0 Å². The topological polar surface area (TPSA) is 339 Å². The molecule has 726 valence electrons. The molecule has 0 unspecified atom stereocenters. The van der Waals surface area contributed by atoms with E-state index in [0.717, 1.165) is 147 Å². The molecule has 10 aromatic rings. The van der Waals surface area contributed by atoms with Gasteiger partial charge in [0.05, 0.1) is 57.6 Å². The van der Waals surface area contributed by atoms with Gasteiger partial charge in [0.1, 0.15) is 73.6 Å². The lowest BCUT2D eigenvalue weighted by Crippen LogP contribution is -2.58. The molecule has 29 heteroatoms. The number of thiazole rings is 2. The standard InChI is InChI=1S/C54H66N6O7S.C30H44N6O5S.C24H22O3/c1-36-50(68-35-56-36)40-12-10-37(11-13-40)32-55-52(64)47-31-43(62)33-60(47)53(65)51(54(2,3)4)57-48(63)34-66-28-26-58-22-24-59(25-23-58)27-29-67-44-18-14-39(15-19-44)49-45(38-8-6-5-7-9-38)20-16-41-30-42(61)17-21-46(41)49;1-20-26(42-19-33-20)22-7-5-21(6-8-22)16-32-28(39)24-15-23(37)17-36(24)29(40)27(30(2,3)4)34-25(38)18-41-14-13-35-11-9-31-10-12-35;25-14-15-27-21-10-6-18(7-11-21)24-22(17-4-2-1-3-5-17)12-8-19-16-20(26)9-13-23(19)24/h5-15,17-19,21,30,35,43,45,47,49,51,61-62H,16,20,22-29,31-34H2,1-4H3,(H,55,64)(H,57,63);5-8,19,23-24,27,31,37H,9-18H2,1-4H3,(H,32,39)(H,34,38);1-7,9-11,13-14,16,22,24,26H,8,12,15H2/t43-,45-,47+,49+,51-;23-,24+,27-;22-,24+/m111/s1. The number of carbonyl (C=O) groups excluding carboxylic acids is 7. The van der Waals surface area contributed by atoms with E-state index in [0.29, 0.717) is 62.0 Å². The maximum atomic E-state index is 14.1. The molecule has 2 aromatic heterocycles. The fraction of sp³-hybridized carbons (Fsp3) is 0.435. The second-order valence-corrected chi connectivity index (χ2v) is 40.3. The number of benzene rings is 8. The quantitative estimate of drug-likeness (QED) is 0.0136. The number of aryl methyl sites for hydroxylation is 4. The van der Waals surface area contributed by atoms with Gasteiger partial charge in [0.25, 0.3) is 0 Å². The van der Waals surface area contributed by atoms with Gasteiger partial charge in [-0.3, -0.25) is 48.3 Å². The molecule has 2 aliphatic carbocycles. The van der Waals surface area contributed by atoms with Crippen molar-refractivity contribution in [2.24, 2.45) is 10.8 Å². The Labute approximate surface area is 812 Å². The first-order chi connectivity index (χ1) is 66.1. The van der Waals surface area contributed by atoms with E-state index in [1.807, 2.05) is 145 Å². The van der Waals surface area contributed by atoms with Crippen molar-refractivity contribution in [1.82, 2.24) is 61.1 Å². The minimum atomic E-state index is -0.928. The molecular weight excluding hydrogens is 1770 g/mol. The van der Waals surface area contributed by atoms with Crippen LogP contribution in [-0.4, -0.2) is 258 Å². The summed E-state index contributed by atoms with van der Waals surface area (Å²) in [6.07, 6.45) is 3.29. The Morgan fingerprint density at radius 3 is 1.27 bits per heavy atom. The summed E-state index contributed by atoms with van der Waals surface area (Å²) in [5.74, 6) is 1.05. The number of aromatic nitrogens is 2. The molecule has 27 nitrogen and oxygen atoms in total. The Bertz CT molecular complexity index is 5630. The van der Waals surface area contributed by atoms with Gasteiger partial charge < -0.3 is 75.8 Å². The van der Waals surface area contributed by atoms with E-state index in [4.69, 9.17) is 18.9 Å². The molecular formula is C108H132N12O15S2. The number of carbonyl (C=O) groups is 7. The van der Waals surface area contributed by atoms with Crippen LogP contribution in [0.3, 0.4) is 0 Å². The molecule has 0 saturated carbocycles. The van der Waals surface area contributed by atoms with Crippen LogP contribution in [0.15, 0.2) is 205 Å². The minimum Gasteiger partial charge on any atom is -0.508 e. The number of β-amino-alcohol motifs (C(OH)–C–C–N with tert-alkyl or cyclic N) is 2. The first-order valence-electron chi connectivity index (χ1n) is 47.9. The van der Waals surface area contributed by atoms with Gasteiger partial charge in [0.2, 0.25) is 35.4 Å². The van der Waals surface area contributed by atoms with Crippen molar-refractivity contribution < 1.29 is 72.9 Å². The summed E-state index contributed by atoms with van der Waals surface area (Å²) in [6, 6.07) is 61.8. The molecule has 10 atom stereocenters. The number of amides is 6. The number of rotatable bonds is 33. The number of ether oxygens (including phenoxy) is 4. The molecule has 9 N–H and O–H groups in total. The van der Waals surface area contributed by atoms with Crippen molar-refractivity contribution in [1.29, 1.82) is 0 Å². The number of likely N-dealkylation sites (tertiary alicyclic amines) is 2. The van der Waals surface area contributed by atoms with Crippen molar-refractivity contribution in [3.05, 3.63) is 272 Å². The van der Waals surface area contributed by atoms with Gasteiger partial charge in [-0.2, -0.15) is 0 Å². The second kappa shape index (κ2) is 48.1. The average molecular weight is 1900 g/mol. The third-order valence-electron chi connectivity index (χ3n) is 26.8. The van der Waals surface area contributed by atoms with Crippen LogP contribution in [0.25, 0.3) is 20.9 Å². The number of phenolic OH excluding ortho intramolecular Hbond substituents is 2. The van der Waals surface area contributed by atoms with Crippen molar-refractivity contribution in [2.45, 2.75) is 167 Å². The SMILES string of the molecule is Cc1ncsc1-c1ccc(CNC(=O)[C@@H]2C[C@@H](O)CN2C(=O)[C@@H](NC(=O)COCCN2CCN(CCOc3ccc([C@@H]4c5ccc(O)cc5CC[C@@H]4c4ccccc4)cc3)CC2)C(C)(C)C)cc1.Cc1ncsc1-c1ccc(CNC(=O)[C@@H]2C[C@@H](O)CN2C(=O)[C@@H](NC(=O)COCCN2CCNCC2)C(C)(C)C)cc1.O=CCOc1ccc([C@@H]2c3ccc(O)cc3CC[C@@H]2c2ccccc2)cc1. The summed E-state index contributed by atoms with van der Waals surface area (Å²) in [5.41, 5.74) is 18.4. The lowest BCUT2D eigenvalue weighted by Gasteiger charge is -2.35. The molecule has 4 fully saturated rings. The van der Waals surface area contributed by atoms with Crippen molar-refractivity contribution in [3.8, 4) is 43.9 Å². The van der Waals surface area contributed by atoms with Crippen molar-refractivity contribution in [2.75, 3.05) is 125 Å². The Hall–Kier alpha value is -11.6. The number of phenols is 2. The predicted octanol–water partition coefficient (Wildman–Crippen LogP) is 12.5. The second-order valence-electron chi connectivity index (χ2n) is 38.6.